The molecule has 0 saturated carbocycles. The number of methoxy groups -OCH3 is 2. The lowest BCUT2D eigenvalue weighted by Crippen LogP contribution is -2.35. The number of carbonyl (C=O) groups is 2. The molecule has 0 aliphatic carbocycles. The lowest BCUT2D eigenvalue weighted by Gasteiger charge is -2.23. The molecule has 4 rings (SSSR count). The van der Waals surface area contributed by atoms with E-state index in [0.29, 0.717) is 48.8 Å². The second kappa shape index (κ2) is 11.0. The van der Waals surface area contributed by atoms with Crippen LogP contribution in [0.5, 0.6) is 11.5 Å². The number of benzene rings is 1. The van der Waals surface area contributed by atoms with Crippen molar-refractivity contribution in [1.82, 2.24) is 9.88 Å². The van der Waals surface area contributed by atoms with E-state index in [-0.39, 0.29) is 11.8 Å². The highest BCUT2D eigenvalue weighted by Gasteiger charge is 2.22. The molecule has 2 aromatic heterocycles. The van der Waals surface area contributed by atoms with Crippen LogP contribution in [-0.2, 0) is 11.2 Å². The van der Waals surface area contributed by atoms with Crippen molar-refractivity contribution in [3.8, 4) is 11.5 Å². The quantitative estimate of drug-likeness (QED) is 0.555. The summed E-state index contributed by atoms with van der Waals surface area (Å²) < 4.78 is 10.6. The van der Waals surface area contributed by atoms with Crippen LogP contribution < -0.4 is 19.7 Å². The summed E-state index contributed by atoms with van der Waals surface area (Å²) in [6, 6.07) is 12.9. The lowest BCUT2D eigenvalue weighted by atomic mass is 10.1. The molecule has 0 spiro atoms. The number of amides is 2. The molecule has 1 fully saturated rings. The van der Waals surface area contributed by atoms with Crippen molar-refractivity contribution in [2.75, 3.05) is 50.6 Å². The number of anilines is 2. The molecule has 1 aliphatic heterocycles. The Labute approximate surface area is 203 Å². The van der Waals surface area contributed by atoms with Gasteiger partial charge < -0.3 is 24.6 Å². The summed E-state index contributed by atoms with van der Waals surface area (Å²) >= 11 is 1.57. The van der Waals surface area contributed by atoms with Crippen molar-refractivity contribution in [1.29, 1.82) is 0 Å². The van der Waals surface area contributed by atoms with Crippen molar-refractivity contribution in [3.05, 3.63) is 64.5 Å². The molecule has 2 amide bonds. The van der Waals surface area contributed by atoms with Crippen LogP contribution in [-0.4, -0.2) is 62.1 Å². The predicted molar refractivity (Wildman–Crippen MR) is 133 cm³/mol. The molecule has 1 saturated heterocycles. The Balaban J connectivity index is 1.34. The average molecular weight is 481 g/mol. The molecule has 1 aromatic carbocycles. The van der Waals surface area contributed by atoms with Gasteiger partial charge in [0.25, 0.3) is 5.91 Å². The van der Waals surface area contributed by atoms with E-state index in [9.17, 15) is 9.59 Å². The van der Waals surface area contributed by atoms with E-state index in [0.717, 1.165) is 23.7 Å². The van der Waals surface area contributed by atoms with Gasteiger partial charge in [0.05, 0.1) is 32.5 Å². The Hall–Kier alpha value is -3.59. The number of pyridine rings is 1. The number of hydrogen-bond donors (Lipinski definition) is 1. The number of ether oxygens (including phenoxy) is 2. The van der Waals surface area contributed by atoms with Crippen LogP contribution in [0.3, 0.4) is 0 Å². The third kappa shape index (κ3) is 5.66. The van der Waals surface area contributed by atoms with Gasteiger partial charge in [-0.15, -0.1) is 11.3 Å². The van der Waals surface area contributed by atoms with E-state index in [4.69, 9.17) is 9.47 Å². The van der Waals surface area contributed by atoms with Gasteiger partial charge in [0.2, 0.25) is 5.91 Å². The first kappa shape index (κ1) is 23.6. The Morgan fingerprint density at radius 2 is 1.88 bits per heavy atom. The topological polar surface area (TPSA) is 84.0 Å². The third-order valence-corrected chi connectivity index (χ3v) is 6.56. The summed E-state index contributed by atoms with van der Waals surface area (Å²) in [6.45, 7) is 2.73. The van der Waals surface area contributed by atoms with Crippen LogP contribution in [0.2, 0.25) is 0 Å². The maximum Gasteiger partial charge on any atom is 0.254 e. The first-order valence-corrected chi connectivity index (χ1v) is 12.0. The van der Waals surface area contributed by atoms with Gasteiger partial charge in [-0.3, -0.25) is 9.59 Å². The summed E-state index contributed by atoms with van der Waals surface area (Å²) in [5.41, 5.74) is 1.25. The molecule has 0 atom stereocenters. The summed E-state index contributed by atoms with van der Waals surface area (Å²) in [5, 5.41) is 4.86. The number of nitrogens with one attached hydrogen (secondary N) is 1. The minimum Gasteiger partial charge on any atom is -0.493 e. The fraction of sp³-hybridized carbons (Fsp3) is 0.320. The Morgan fingerprint density at radius 1 is 1.03 bits per heavy atom. The van der Waals surface area contributed by atoms with E-state index in [1.165, 1.54) is 0 Å². The van der Waals surface area contributed by atoms with Crippen LogP contribution in [0.15, 0.2) is 54.0 Å². The van der Waals surface area contributed by atoms with Gasteiger partial charge >= 0.3 is 0 Å². The zero-order chi connectivity index (χ0) is 23.9. The standard InChI is InChI=1S/C25H28N4O4S/c1-32-21-8-6-18(15-22(21)33-2)25(31)29-11-4-10-28(12-13-29)23-9-7-19(17-26-23)27-24(30)16-20-5-3-14-34-20/h3,5-9,14-15,17H,4,10-13,16H2,1-2H3,(H,27,30). The first-order chi connectivity index (χ1) is 16.6. The van der Waals surface area contributed by atoms with Crippen LogP contribution in [0, 0.1) is 0 Å². The molecule has 9 heteroatoms. The number of aromatic nitrogens is 1. The maximum absolute atomic E-state index is 13.1. The largest absolute Gasteiger partial charge is 0.493 e. The second-order valence-electron chi connectivity index (χ2n) is 7.91. The average Bonchev–Trinajstić information content (AvgIpc) is 3.24. The van der Waals surface area contributed by atoms with E-state index in [1.807, 2.05) is 34.5 Å². The molecule has 3 heterocycles. The number of hydrogen-bond acceptors (Lipinski definition) is 7. The minimum absolute atomic E-state index is 0.0282. The van der Waals surface area contributed by atoms with E-state index >= 15 is 0 Å². The fourth-order valence-electron chi connectivity index (χ4n) is 3.93. The molecular formula is C25H28N4O4S. The normalized spacial score (nSPS) is 13.8. The van der Waals surface area contributed by atoms with Crippen molar-refractivity contribution >= 4 is 34.7 Å². The van der Waals surface area contributed by atoms with Crippen LogP contribution >= 0.6 is 11.3 Å². The predicted octanol–water partition coefficient (Wildman–Crippen LogP) is 3.69. The monoisotopic (exact) mass is 480 g/mol. The van der Waals surface area contributed by atoms with Gasteiger partial charge in [-0.1, -0.05) is 6.07 Å². The van der Waals surface area contributed by atoms with E-state index in [1.54, 1.807) is 50.0 Å². The van der Waals surface area contributed by atoms with Gasteiger partial charge in [-0.25, -0.2) is 4.98 Å². The fourth-order valence-corrected chi connectivity index (χ4v) is 4.63. The van der Waals surface area contributed by atoms with Gasteiger partial charge in [0, 0.05) is 36.6 Å². The summed E-state index contributed by atoms with van der Waals surface area (Å²) in [5.74, 6) is 1.88. The summed E-state index contributed by atoms with van der Waals surface area (Å²) in [7, 11) is 3.13. The molecule has 3 aromatic rings. The number of carbonyl (C=O) groups excluding carboxylic acids is 2. The third-order valence-electron chi connectivity index (χ3n) is 5.68. The molecule has 0 bridgehead atoms. The zero-order valence-electron chi connectivity index (χ0n) is 19.3. The van der Waals surface area contributed by atoms with E-state index < -0.39 is 0 Å². The summed E-state index contributed by atoms with van der Waals surface area (Å²) in [6.07, 6.45) is 2.87. The van der Waals surface area contributed by atoms with Crippen molar-refractivity contribution < 1.29 is 19.1 Å². The molecule has 1 N–H and O–H groups in total. The van der Waals surface area contributed by atoms with Gasteiger partial charge in [-0.05, 0) is 48.2 Å². The Morgan fingerprint density at radius 3 is 2.59 bits per heavy atom. The molecular weight excluding hydrogens is 452 g/mol. The van der Waals surface area contributed by atoms with E-state index in [2.05, 4.69) is 15.2 Å². The molecule has 1 aliphatic rings. The first-order valence-electron chi connectivity index (χ1n) is 11.1. The van der Waals surface area contributed by atoms with Gasteiger partial charge in [0.15, 0.2) is 11.5 Å². The molecule has 8 nitrogen and oxygen atoms in total. The molecule has 0 radical (unpaired) electrons. The maximum atomic E-state index is 13.1. The highest BCUT2D eigenvalue weighted by atomic mass is 32.1. The number of nitrogens with zero attached hydrogens (tertiary/aromatic N) is 3. The van der Waals surface area contributed by atoms with Crippen LogP contribution in [0.4, 0.5) is 11.5 Å². The smallest absolute Gasteiger partial charge is 0.254 e. The van der Waals surface area contributed by atoms with Crippen molar-refractivity contribution in [3.63, 3.8) is 0 Å². The Bertz CT molecular complexity index is 1120. The number of rotatable bonds is 7. The SMILES string of the molecule is COc1ccc(C(=O)N2CCCN(c3ccc(NC(=O)Cc4cccs4)cn3)CC2)cc1OC. The van der Waals surface area contributed by atoms with Crippen LogP contribution in [0.25, 0.3) is 0 Å². The van der Waals surface area contributed by atoms with Crippen LogP contribution in [0.1, 0.15) is 21.7 Å². The highest BCUT2D eigenvalue weighted by Crippen LogP contribution is 2.28. The lowest BCUT2D eigenvalue weighted by molar-refractivity contribution is -0.115. The van der Waals surface area contributed by atoms with Gasteiger partial charge in [0.1, 0.15) is 5.82 Å². The van der Waals surface area contributed by atoms with Gasteiger partial charge in [-0.2, -0.15) is 0 Å². The minimum atomic E-state index is -0.0592. The molecule has 34 heavy (non-hydrogen) atoms. The molecule has 0 unspecified atom stereocenters. The molecule has 178 valence electrons. The Kier molecular flexibility index (Phi) is 7.64. The second-order valence-corrected chi connectivity index (χ2v) is 8.94. The summed E-state index contributed by atoms with van der Waals surface area (Å²) in [4.78, 5) is 34.9. The van der Waals surface area contributed by atoms with Crippen molar-refractivity contribution in [2.45, 2.75) is 12.8 Å². The highest BCUT2D eigenvalue weighted by molar-refractivity contribution is 7.10. The zero-order valence-corrected chi connectivity index (χ0v) is 20.1. The van der Waals surface area contributed by atoms with Crippen molar-refractivity contribution in [2.24, 2.45) is 0 Å². The number of thiophene rings is 1.